The second-order valence-electron chi connectivity index (χ2n) is 8.00. The van der Waals surface area contributed by atoms with Crippen molar-refractivity contribution in [3.63, 3.8) is 0 Å². The first-order valence-corrected chi connectivity index (χ1v) is 10.9. The molecule has 1 N–H and O–H groups in total. The quantitative estimate of drug-likeness (QED) is 0.455. The number of fused-ring (bicyclic) bond motifs is 3. The van der Waals surface area contributed by atoms with Gasteiger partial charge in [-0.25, -0.2) is 0 Å². The molecule has 0 spiro atoms. The summed E-state index contributed by atoms with van der Waals surface area (Å²) in [5.41, 5.74) is 4.05. The fraction of sp³-hybridized carbons (Fsp3) is 0.154. The zero-order valence-electron chi connectivity index (χ0n) is 18.2. The molecule has 3 aromatic carbocycles. The Kier molecular flexibility index (Phi) is 5.30. The minimum Gasteiger partial charge on any atom is -0.497 e. The topological polar surface area (TPSA) is 63.6 Å². The number of ether oxygens (including phenoxy) is 1. The lowest BCUT2D eigenvalue weighted by molar-refractivity contribution is -0.117. The molecule has 1 atom stereocenters. The zero-order valence-corrected chi connectivity index (χ0v) is 19.0. The van der Waals surface area contributed by atoms with E-state index in [9.17, 15) is 9.59 Å². The maximum atomic E-state index is 13.6. The number of hydrogen-bond acceptors (Lipinski definition) is 3. The van der Waals surface area contributed by atoms with Crippen LogP contribution in [0, 0.1) is 0 Å². The lowest BCUT2D eigenvalue weighted by atomic mass is 9.98. The summed E-state index contributed by atoms with van der Waals surface area (Å²) in [6.45, 7) is -0.0822. The van der Waals surface area contributed by atoms with Gasteiger partial charge in [0, 0.05) is 34.2 Å². The summed E-state index contributed by atoms with van der Waals surface area (Å²) in [7, 11) is 3.51. The summed E-state index contributed by atoms with van der Waals surface area (Å²) < 4.78 is 7.22. The standard InChI is InChI=1S/C26H22ClN3O3/c1-29-21-6-4-3-5-20(21)23-24(16-7-13-19(33-2)14-8-16)30(26(32)25(23)29)15-22(31)28-18-11-9-17(27)10-12-18/h3-14,24H,15H2,1-2H3,(H,28,31)/t24-/m1/s1. The van der Waals surface area contributed by atoms with Crippen molar-refractivity contribution in [1.82, 2.24) is 9.47 Å². The molecule has 0 saturated heterocycles. The van der Waals surface area contributed by atoms with Crippen molar-refractivity contribution in [2.24, 2.45) is 7.05 Å². The fourth-order valence-corrected chi connectivity index (χ4v) is 4.68. The molecule has 33 heavy (non-hydrogen) atoms. The van der Waals surface area contributed by atoms with Crippen LogP contribution in [-0.4, -0.2) is 34.9 Å². The molecule has 0 unspecified atom stereocenters. The van der Waals surface area contributed by atoms with E-state index in [4.69, 9.17) is 16.3 Å². The average Bonchev–Trinajstić information content (AvgIpc) is 3.28. The van der Waals surface area contributed by atoms with Crippen molar-refractivity contribution < 1.29 is 14.3 Å². The molecule has 1 aliphatic heterocycles. The summed E-state index contributed by atoms with van der Waals surface area (Å²) in [6, 6.07) is 22.1. The molecule has 0 bridgehead atoms. The summed E-state index contributed by atoms with van der Waals surface area (Å²) in [6.07, 6.45) is 0. The van der Waals surface area contributed by atoms with Crippen molar-refractivity contribution >= 4 is 40.0 Å². The molecule has 0 fully saturated rings. The number of nitrogens with one attached hydrogen (secondary N) is 1. The van der Waals surface area contributed by atoms with Crippen LogP contribution in [0.3, 0.4) is 0 Å². The highest BCUT2D eigenvalue weighted by molar-refractivity contribution is 6.30. The second kappa shape index (κ2) is 8.30. The minimum atomic E-state index is -0.388. The number of anilines is 1. The maximum Gasteiger partial charge on any atom is 0.272 e. The summed E-state index contributed by atoms with van der Waals surface area (Å²) in [5, 5.41) is 4.45. The Hall–Kier alpha value is -3.77. The number of amides is 2. The van der Waals surface area contributed by atoms with Crippen LogP contribution in [0.25, 0.3) is 10.9 Å². The largest absolute Gasteiger partial charge is 0.497 e. The molecule has 2 heterocycles. The van der Waals surface area contributed by atoms with Crippen LogP contribution >= 0.6 is 11.6 Å². The van der Waals surface area contributed by atoms with Gasteiger partial charge in [0.15, 0.2) is 0 Å². The van der Waals surface area contributed by atoms with E-state index in [1.807, 2.05) is 60.1 Å². The molecule has 4 aromatic rings. The lowest BCUT2D eigenvalue weighted by Gasteiger charge is -2.26. The van der Waals surface area contributed by atoms with Crippen molar-refractivity contribution in [2.45, 2.75) is 6.04 Å². The average molecular weight is 460 g/mol. The van der Waals surface area contributed by atoms with Gasteiger partial charge >= 0.3 is 0 Å². The second-order valence-corrected chi connectivity index (χ2v) is 8.44. The number of aromatic nitrogens is 1. The molecule has 0 saturated carbocycles. The van der Waals surface area contributed by atoms with E-state index < -0.39 is 0 Å². The van der Waals surface area contributed by atoms with Gasteiger partial charge in [-0.05, 0) is 48.0 Å². The molecule has 1 aliphatic rings. The van der Waals surface area contributed by atoms with Gasteiger partial charge in [0.05, 0.1) is 13.2 Å². The number of para-hydroxylation sites is 1. The Bertz CT molecular complexity index is 1360. The summed E-state index contributed by atoms with van der Waals surface area (Å²) in [5.74, 6) is 0.283. The van der Waals surface area contributed by atoms with Gasteiger partial charge in [-0.3, -0.25) is 9.59 Å². The van der Waals surface area contributed by atoms with Crippen molar-refractivity contribution in [2.75, 3.05) is 19.0 Å². The van der Waals surface area contributed by atoms with Crippen LogP contribution in [0.5, 0.6) is 5.75 Å². The molecular weight excluding hydrogens is 438 g/mol. The zero-order chi connectivity index (χ0) is 23.1. The lowest BCUT2D eigenvalue weighted by Crippen LogP contribution is -2.37. The smallest absolute Gasteiger partial charge is 0.272 e. The Morgan fingerprint density at radius 3 is 2.42 bits per heavy atom. The third-order valence-corrected chi connectivity index (χ3v) is 6.32. The van der Waals surface area contributed by atoms with Gasteiger partial charge in [-0.15, -0.1) is 0 Å². The van der Waals surface area contributed by atoms with Crippen LogP contribution in [0.15, 0.2) is 72.8 Å². The van der Waals surface area contributed by atoms with Crippen LogP contribution in [0.4, 0.5) is 5.69 Å². The van der Waals surface area contributed by atoms with Crippen LogP contribution in [0.2, 0.25) is 5.02 Å². The van der Waals surface area contributed by atoms with Crippen LogP contribution in [-0.2, 0) is 11.8 Å². The third kappa shape index (κ3) is 3.62. The summed E-state index contributed by atoms with van der Waals surface area (Å²) in [4.78, 5) is 28.2. The van der Waals surface area contributed by atoms with Crippen molar-refractivity contribution in [3.05, 3.63) is 94.6 Å². The number of aryl methyl sites for hydroxylation is 1. The SMILES string of the molecule is COc1ccc([C@@H]2c3c(n(C)c4ccccc34)C(=O)N2CC(=O)Nc2ccc(Cl)cc2)cc1. The van der Waals surface area contributed by atoms with Crippen LogP contribution < -0.4 is 10.1 Å². The number of benzene rings is 3. The molecule has 1 aromatic heterocycles. The molecular formula is C26H22ClN3O3. The first-order valence-electron chi connectivity index (χ1n) is 10.6. The number of carbonyl (C=O) groups is 2. The molecule has 6 nitrogen and oxygen atoms in total. The van der Waals surface area contributed by atoms with E-state index in [2.05, 4.69) is 5.32 Å². The number of halogens is 1. The van der Waals surface area contributed by atoms with E-state index in [0.717, 1.165) is 27.8 Å². The van der Waals surface area contributed by atoms with E-state index in [1.54, 1.807) is 36.3 Å². The molecule has 5 rings (SSSR count). The van der Waals surface area contributed by atoms with E-state index in [0.29, 0.717) is 16.4 Å². The third-order valence-electron chi connectivity index (χ3n) is 6.07. The maximum absolute atomic E-state index is 13.6. The normalized spacial score (nSPS) is 15.1. The van der Waals surface area contributed by atoms with Gasteiger partial charge in [-0.1, -0.05) is 41.9 Å². The van der Waals surface area contributed by atoms with Crippen LogP contribution in [0.1, 0.15) is 27.7 Å². The molecule has 166 valence electrons. The first-order chi connectivity index (χ1) is 16.0. The predicted octanol–water partition coefficient (Wildman–Crippen LogP) is 5.02. The number of carbonyl (C=O) groups excluding carboxylic acids is 2. The van der Waals surface area contributed by atoms with Gasteiger partial charge < -0.3 is 19.5 Å². The van der Waals surface area contributed by atoms with Gasteiger partial charge in [-0.2, -0.15) is 0 Å². The Balaban J connectivity index is 1.55. The van der Waals surface area contributed by atoms with E-state index in [1.165, 1.54) is 0 Å². The monoisotopic (exact) mass is 459 g/mol. The fourth-order valence-electron chi connectivity index (χ4n) is 4.55. The van der Waals surface area contributed by atoms with Crippen molar-refractivity contribution in [3.8, 4) is 5.75 Å². The highest BCUT2D eigenvalue weighted by atomic mass is 35.5. The van der Waals surface area contributed by atoms with Gasteiger partial charge in [0.2, 0.25) is 5.91 Å². The molecule has 7 heteroatoms. The van der Waals surface area contributed by atoms with E-state index in [-0.39, 0.29) is 24.4 Å². The number of nitrogens with zero attached hydrogens (tertiary/aromatic N) is 2. The molecule has 2 amide bonds. The predicted molar refractivity (Wildman–Crippen MR) is 129 cm³/mol. The highest BCUT2D eigenvalue weighted by Crippen LogP contribution is 2.44. The Morgan fingerprint density at radius 2 is 1.73 bits per heavy atom. The number of rotatable bonds is 5. The summed E-state index contributed by atoms with van der Waals surface area (Å²) >= 11 is 5.94. The Morgan fingerprint density at radius 1 is 1.03 bits per heavy atom. The van der Waals surface area contributed by atoms with Crippen molar-refractivity contribution in [1.29, 1.82) is 0 Å². The van der Waals surface area contributed by atoms with Gasteiger partial charge in [0.1, 0.15) is 18.0 Å². The number of methoxy groups -OCH3 is 1. The first kappa shape index (κ1) is 21.1. The van der Waals surface area contributed by atoms with E-state index >= 15 is 0 Å². The molecule has 0 aliphatic carbocycles. The highest BCUT2D eigenvalue weighted by Gasteiger charge is 2.42. The molecule has 0 radical (unpaired) electrons. The number of hydrogen-bond donors (Lipinski definition) is 1. The minimum absolute atomic E-state index is 0.0822. The Labute approximate surface area is 196 Å². The van der Waals surface area contributed by atoms with Gasteiger partial charge in [0.25, 0.3) is 5.91 Å².